The zero-order valence-electron chi connectivity index (χ0n) is 12.1. The molecule has 0 spiro atoms. The van der Waals surface area contributed by atoms with Gasteiger partial charge in [-0.05, 0) is 25.1 Å². The third-order valence-electron chi connectivity index (χ3n) is 2.90. The largest absolute Gasteiger partial charge is 0.496 e. The molecular formula is C16H16O5. The molecule has 5 heteroatoms. The van der Waals surface area contributed by atoms with Crippen LogP contribution >= 0.6 is 0 Å². The van der Waals surface area contributed by atoms with Gasteiger partial charge in [0.05, 0.1) is 19.3 Å². The van der Waals surface area contributed by atoms with Crippen LogP contribution in [0.4, 0.5) is 0 Å². The number of esters is 2. The predicted molar refractivity (Wildman–Crippen MR) is 77.8 cm³/mol. The first-order valence-corrected chi connectivity index (χ1v) is 6.53. The van der Waals surface area contributed by atoms with Gasteiger partial charge >= 0.3 is 11.9 Å². The van der Waals surface area contributed by atoms with Gasteiger partial charge in [0.15, 0.2) is 0 Å². The maximum absolute atomic E-state index is 11.9. The van der Waals surface area contributed by atoms with Crippen molar-refractivity contribution in [2.45, 2.75) is 13.8 Å². The minimum absolute atomic E-state index is 0.270. The summed E-state index contributed by atoms with van der Waals surface area (Å²) in [7, 11) is 1.54. The third kappa shape index (κ3) is 3.13. The number of carbonyl (C=O) groups excluding carboxylic acids is 2. The molecule has 21 heavy (non-hydrogen) atoms. The van der Waals surface area contributed by atoms with Crippen molar-refractivity contribution in [2.75, 3.05) is 13.7 Å². The molecule has 0 aliphatic heterocycles. The fraction of sp³-hybridized carbons (Fsp3) is 0.250. The molecule has 2 rings (SSSR count). The van der Waals surface area contributed by atoms with E-state index in [0.29, 0.717) is 27.8 Å². The Balaban J connectivity index is 2.67. The van der Waals surface area contributed by atoms with Crippen molar-refractivity contribution in [3.05, 3.63) is 35.9 Å². The van der Waals surface area contributed by atoms with E-state index in [2.05, 4.69) is 0 Å². The smallest absolute Gasteiger partial charge is 0.338 e. The summed E-state index contributed by atoms with van der Waals surface area (Å²) in [6.07, 6.45) is 0. The van der Waals surface area contributed by atoms with Crippen molar-refractivity contribution in [2.24, 2.45) is 0 Å². The number of carbonyl (C=O) groups is 2. The molecule has 0 unspecified atom stereocenters. The molecule has 0 N–H and O–H groups in total. The van der Waals surface area contributed by atoms with Crippen molar-refractivity contribution < 1.29 is 23.8 Å². The Labute approximate surface area is 122 Å². The van der Waals surface area contributed by atoms with Gasteiger partial charge in [-0.3, -0.25) is 4.79 Å². The monoisotopic (exact) mass is 288 g/mol. The highest BCUT2D eigenvalue weighted by Crippen LogP contribution is 2.34. The number of hydrogen-bond acceptors (Lipinski definition) is 5. The predicted octanol–water partition coefficient (Wildman–Crippen LogP) is 2.95. The molecule has 110 valence electrons. The zero-order chi connectivity index (χ0) is 15.4. The summed E-state index contributed by atoms with van der Waals surface area (Å²) in [6.45, 7) is 3.31. The van der Waals surface area contributed by atoms with Crippen LogP contribution < -0.4 is 9.47 Å². The second kappa shape index (κ2) is 6.26. The molecule has 0 fully saturated rings. The fourth-order valence-electron chi connectivity index (χ4n) is 2.07. The van der Waals surface area contributed by atoms with Crippen LogP contribution in [0.1, 0.15) is 24.2 Å². The molecule has 0 saturated carbocycles. The van der Waals surface area contributed by atoms with E-state index in [1.807, 2.05) is 0 Å². The summed E-state index contributed by atoms with van der Waals surface area (Å²) in [5, 5.41) is 1.37. The first-order valence-electron chi connectivity index (χ1n) is 6.53. The Morgan fingerprint density at radius 2 is 1.86 bits per heavy atom. The number of fused-ring (bicyclic) bond motifs is 1. The number of benzene rings is 2. The van der Waals surface area contributed by atoms with Gasteiger partial charge in [-0.15, -0.1) is 0 Å². The van der Waals surface area contributed by atoms with Crippen LogP contribution in [0.5, 0.6) is 11.5 Å². The van der Waals surface area contributed by atoms with Crippen molar-refractivity contribution in [1.82, 2.24) is 0 Å². The van der Waals surface area contributed by atoms with Gasteiger partial charge in [-0.2, -0.15) is 0 Å². The van der Waals surface area contributed by atoms with Crippen LogP contribution in [0.15, 0.2) is 30.3 Å². The van der Waals surface area contributed by atoms with Crippen LogP contribution in [-0.2, 0) is 9.53 Å². The molecular weight excluding hydrogens is 272 g/mol. The maximum atomic E-state index is 11.9. The quantitative estimate of drug-likeness (QED) is 0.639. The molecule has 0 atom stereocenters. The van der Waals surface area contributed by atoms with E-state index in [1.54, 1.807) is 31.2 Å². The lowest BCUT2D eigenvalue weighted by Crippen LogP contribution is -2.07. The minimum Gasteiger partial charge on any atom is -0.496 e. The summed E-state index contributed by atoms with van der Waals surface area (Å²) in [6, 6.07) is 8.53. The van der Waals surface area contributed by atoms with Crippen LogP contribution in [-0.4, -0.2) is 25.7 Å². The summed E-state index contributed by atoms with van der Waals surface area (Å²) in [4.78, 5) is 23.2. The first kappa shape index (κ1) is 14.8. The summed E-state index contributed by atoms with van der Waals surface area (Å²) in [5.41, 5.74) is 0.310. The summed E-state index contributed by atoms with van der Waals surface area (Å²) in [5.74, 6) is -0.0344. The number of methoxy groups -OCH3 is 1. The van der Waals surface area contributed by atoms with Gasteiger partial charge in [0, 0.05) is 17.7 Å². The van der Waals surface area contributed by atoms with Crippen LogP contribution in [0, 0.1) is 0 Å². The van der Waals surface area contributed by atoms with Gasteiger partial charge in [-0.25, -0.2) is 4.79 Å². The normalized spacial score (nSPS) is 10.2. The second-order valence-corrected chi connectivity index (χ2v) is 4.34. The summed E-state index contributed by atoms with van der Waals surface area (Å²) >= 11 is 0. The van der Waals surface area contributed by atoms with Gasteiger partial charge in [0.25, 0.3) is 0 Å². The lowest BCUT2D eigenvalue weighted by atomic mass is 10.0. The van der Waals surface area contributed by atoms with Crippen LogP contribution in [0.25, 0.3) is 10.8 Å². The maximum Gasteiger partial charge on any atom is 0.338 e. The van der Waals surface area contributed by atoms with Crippen molar-refractivity contribution in [1.29, 1.82) is 0 Å². The van der Waals surface area contributed by atoms with Gasteiger partial charge in [0.1, 0.15) is 11.5 Å². The van der Waals surface area contributed by atoms with E-state index in [9.17, 15) is 9.59 Å². The highest BCUT2D eigenvalue weighted by Gasteiger charge is 2.15. The lowest BCUT2D eigenvalue weighted by molar-refractivity contribution is -0.131. The van der Waals surface area contributed by atoms with Crippen LogP contribution in [0.2, 0.25) is 0 Å². The molecule has 5 nitrogen and oxygen atoms in total. The van der Waals surface area contributed by atoms with E-state index in [0.717, 1.165) is 0 Å². The zero-order valence-corrected chi connectivity index (χ0v) is 12.1. The molecule has 0 aliphatic rings. The average Bonchev–Trinajstić information content (AvgIpc) is 2.46. The highest BCUT2D eigenvalue weighted by atomic mass is 16.5. The number of hydrogen-bond donors (Lipinski definition) is 0. The third-order valence-corrected chi connectivity index (χ3v) is 2.90. The van der Waals surface area contributed by atoms with Crippen molar-refractivity contribution in [3.8, 4) is 11.5 Å². The van der Waals surface area contributed by atoms with E-state index >= 15 is 0 Å². The topological polar surface area (TPSA) is 61.8 Å². The Bertz CT molecular complexity index is 690. The first-order chi connectivity index (χ1) is 10.1. The average molecular weight is 288 g/mol. The molecule has 0 bridgehead atoms. The minimum atomic E-state index is -0.473. The van der Waals surface area contributed by atoms with Gasteiger partial charge in [-0.1, -0.05) is 12.1 Å². The molecule has 2 aromatic carbocycles. The van der Waals surface area contributed by atoms with E-state index in [4.69, 9.17) is 14.2 Å². The fourth-order valence-corrected chi connectivity index (χ4v) is 2.07. The Morgan fingerprint density at radius 3 is 2.48 bits per heavy atom. The SMILES string of the molecule is CCOC(=O)c1cc(OC(C)=O)c2cccc(OC)c2c1. The molecule has 0 aliphatic carbocycles. The number of ether oxygens (including phenoxy) is 3. The molecule has 2 aromatic rings. The summed E-state index contributed by atoms with van der Waals surface area (Å²) < 4.78 is 15.5. The van der Waals surface area contributed by atoms with E-state index in [1.165, 1.54) is 20.1 Å². The Kier molecular flexibility index (Phi) is 4.42. The highest BCUT2D eigenvalue weighted by molar-refractivity contribution is 6.01. The number of rotatable bonds is 4. The molecule has 0 saturated heterocycles. The van der Waals surface area contributed by atoms with Crippen molar-refractivity contribution in [3.63, 3.8) is 0 Å². The Hall–Kier alpha value is -2.56. The van der Waals surface area contributed by atoms with Gasteiger partial charge in [0.2, 0.25) is 0 Å². The lowest BCUT2D eigenvalue weighted by Gasteiger charge is -2.12. The van der Waals surface area contributed by atoms with E-state index < -0.39 is 11.9 Å². The second-order valence-electron chi connectivity index (χ2n) is 4.34. The standard InChI is InChI=1S/C16H16O5/c1-4-20-16(18)11-8-13-12(6-5-7-14(13)19-3)15(9-11)21-10(2)17/h5-9H,4H2,1-3H3. The molecule has 0 radical (unpaired) electrons. The molecule has 0 heterocycles. The van der Waals surface area contributed by atoms with Crippen LogP contribution in [0.3, 0.4) is 0 Å². The Morgan fingerprint density at radius 1 is 1.10 bits per heavy atom. The van der Waals surface area contributed by atoms with Gasteiger partial charge < -0.3 is 14.2 Å². The molecule has 0 amide bonds. The van der Waals surface area contributed by atoms with Crippen molar-refractivity contribution >= 4 is 22.7 Å². The van der Waals surface area contributed by atoms with E-state index in [-0.39, 0.29) is 6.61 Å². The molecule has 0 aromatic heterocycles.